The first-order valence-corrected chi connectivity index (χ1v) is 5.91. The van der Waals surface area contributed by atoms with Crippen LogP contribution in [-0.2, 0) is 0 Å². The van der Waals surface area contributed by atoms with Gasteiger partial charge in [0.25, 0.3) is 0 Å². The Hall–Kier alpha value is -1.69. The van der Waals surface area contributed by atoms with Crippen molar-refractivity contribution in [2.75, 3.05) is 25.6 Å². The van der Waals surface area contributed by atoms with E-state index in [1.165, 1.54) is 0 Å². The van der Waals surface area contributed by atoms with Gasteiger partial charge in [-0.1, -0.05) is 20.3 Å². The van der Waals surface area contributed by atoms with E-state index in [1.54, 1.807) is 13.2 Å². The number of methoxy groups -OCH3 is 1. The van der Waals surface area contributed by atoms with E-state index in [1.807, 2.05) is 19.2 Å². The minimum Gasteiger partial charge on any atom is -0.497 e. The zero-order valence-corrected chi connectivity index (χ0v) is 11.0. The maximum absolute atomic E-state index is 9.10. The fraction of sp³-hybridized carbons (Fsp3) is 0.500. The van der Waals surface area contributed by atoms with Crippen LogP contribution < -0.4 is 9.64 Å². The van der Waals surface area contributed by atoms with Crippen LogP contribution >= 0.6 is 0 Å². The summed E-state index contributed by atoms with van der Waals surface area (Å²) in [4.78, 5) is 2.12. The van der Waals surface area contributed by atoms with Crippen LogP contribution in [0.5, 0.6) is 5.75 Å². The second-order valence-electron chi connectivity index (χ2n) is 4.39. The van der Waals surface area contributed by atoms with Gasteiger partial charge in [0.15, 0.2) is 0 Å². The van der Waals surface area contributed by atoms with Gasteiger partial charge in [0, 0.05) is 19.7 Å². The molecule has 0 amide bonds. The molecule has 17 heavy (non-hydrogen) atoms. The monoisotopic (exact) mass is 232 g/mol. The Kier molecular flexibility index (Phi) is 4.84. The normalized spacial score (nSPS) is 11.7. The van der Waals surface area contributed by atoms with Gasteiger partial charge in [-0.3, -0.25) is 0 Å². The van der Waals surface area contributed by atoms with Gasteiger partial charge >= 0.3 is 0 Å². The van der Waals surface area contributed by atoms with Gasteiger partial charge in [0.1, 0.15) is 11.8 Å². The van der Waals surface area contributed by atoms with Gasteiger partial charge in [-0.05, 0) is 18.1 Å². The van der Waals surface area contributed by atoms with Gasteiger partial charge in [0.05, 0.1) is 18.4 Å². The first-order chi connectivity index (χ1) is 8.12. The highest BCUT2D eigenvalue weighted by atomic mass is 16.5. The molecule has 0 aliphatic carbocycles. The van der Waals surface area contributed by atoms with Crippen molar-refractivity contribution in [3.8, 4) is 11.8 Å². The van der Waals surface area contributed by atoms with Crippen LogP contribution in [-0.4, -0.2) is 20.7 Å². The lowest BCUT2D eigenvalue weighted by Crippen LogP contribution is -2.24. The smallest absolute Gasteiger partial charge is 0.121 e. The molecule has 0 radical (unpaired) electrons. The molecule has 0 aromatic heterocycles. The van der Waals surface area contributed by atoms with Gasteiger partial charge in [-0.2, -0.15) is 5.26 Å². The van der Waals surface area contributed by atoms with Crippen molar-refractivity contribution in [1.29, 1.82) is 5.26 Å². The van der Waals surface area contributed by atoms with Crippen molar-refractivity contribution in [1.82, 2.24) is 0 Å². The van der Waals surface area contributed by atoms with E-state index in [0.29, 0.717) is 11.5 Å². The summed E-state index contributed by atoms with van der Waals surface area (Å²) in [7, 11) is 3.65. The topological polar surface area (TPSA) is 36.3 Å². The summed E-state index contributed by atoms with van der Waals surface area (Å²) >= 11 is 0. The zero-order chi connectivity index (χ0) is 12.8. The first kappa shape index (κ1) is 13.4. The Morgan fingerprint density at radius 2 is 2.18 bits per heavy atom. The van der Waals surface area contributed by atoms with Crippen LogP contribution in [0.4, 0.5) is 5.69 Å². The Morgan fingerprint density at radius 1 is 1.47 bits per heavy atom. The van der Waals surface area contributed by atoms with Gasteiger partial charge < -0.3 is 9.64 Å². The molecule has 0 heterocycles. The van der Waals surface area contributed by atoms with Crippen LogP contribution in [0.25, 0.3) is 0 Å². The van der Waals surface area contributed by atoms with Crippen LogP contribution in [0.1, 0.15) is 25.8 Å². The largest absolute Gasteiger partial charge is 0.497 e. The zero-order valence-electron chi connectivity index (χ0n) is 11.0. The third-order valence-electron chi connectivity index (χ3n) is 3.02. The first-order valence-electron chi connectivity index (χ1n) is 5.91. The number of nitrogens with zero attached hydrogens (tertiary/aromatic N) is 2. The van der Waals surface area contributed by atoms with Crippen molar-refractivity contribution in [2.45, 2.75) is 20.3 Å². The van der Waals surface area contributed by atoms with E-state index in [-0.39, 0.29) is 0 Å². The van der Waals surface area contributed by atoms with E-state index in [0.717, 1.165) is 24.4 Å². The Balaban J connectivity index is 2.98. The third-order valence-corrected chi connectivity index (χ3v) is 3.02. The van der Waals surface area contributed by atoms with Crippen molar-refractivity contribution in [2.24, 2.45) is 5.92 Å². The third kappa shape index (κ3) is 3.39. The summed E-state index contributed by atoms with van der Waals surface area (Å²) in [5.74, 6) is 1.40. The van der Waals surface area contributed by atoms with Crippen molar-refractivity contribution in [3.05, 3.63) is 23.8 Å². The number of hydrogen-bond donors (Lipinski definition) is 0. The molecule has 1 aromatic carbocycles. The molecule has 0 spiro atoms. The van der Waals surface area contributed by atoms with Gasteiger partial charge in [0.2, 0.25) is 0 Å². The fourth-order valence-electron chi connectivity index (χ4n) is 1.74. The Labute approximate surface area is 104 Å². The summed E-state index contributed by atoms with van der Waals surface area (Å²) in [6, 6.07) is 7.76. The van der Waals surface area contributed by atoms with E-state index < -0.39 is 0 Å². The molecule has 1 rings (SSSR count). The molecule has 0 aliphatic heterocycles. The Bertz CT molecular complexity index is 409. The Morgan fingerprint density at radius 3 is 2.71 bits per heavy atom. The fourth-order valence-corrected chi connectivity index (χ4v) is 1.74. The predicted octanol–water partition coefficient (Wildman–Crippen LogP) is 3.05. The molecule has 92 valence electrons. The summed E-state index contributed by atoms with van der Waals surface area (Å²) in [5, 5.41) is 9.10. The molecule has 0 saturated heterocycles. The lowest BCUT2D eigenvalue weighted by atomic mass is 10.1. The molecule has 0 N–H and O–H groups in total. The maximum atomic E-state index is 9.10. The maximum Gasteiger partial charge on any atom is 0.121 e. The van der Waals surface area contributed by atoms with Gasteiger partial charge in [-0.15, -0.1) is 0 Å². The van der Waals surface area contributed by atoms with E-state index >= 15 is 0 Å². The molecule has 1 aromatic rings. The molecular weight excluding hydrogens is 212 g/mol. The minimum atomic E-state index is 0.609. The summed E-state index contributed by atoms with van der Waals surface area (Å²) in [6.45, 7) is 5.33. The van der Waals surface area contributed by atoms with E-state index in [4.69, 9.17) is 10.00 Å². The number of anilines is 1. The molecule has 3 heteroatoms. The molecule has 0 aliphatic rings. The molecule has 1 unspecified atom stereocenters. The quantitative estimate of drug-likeness (QED) is 0.783. The summed E-state index contributed by atoms with van der Waals surface area (Å²) in [5.41, 5.74) is 1.63. The number of rotatable bonds is 5. The average molecular weight is 232 g/mol. The van der Waals surface area contributed by atoms with Crippen molar-refractivity contribution < 1.29 is 4.74 Å². The average Bonchev–Trinajstić information content (AvgIpc) is 2.37. The highest BCUT2D eigenvalue weighted by Gasteiger charge is 2.11. The summed E-state index contributed by atoms with van der Waals surface area (Å²) < 4.78 is 5.20. The van der Waals surface area contributed by atoms with Crippen molar-refractivity contribution >= 4 is 5.69 Å². The lowest BCUT2D eigenvalue weighted by Gasteiger charge is -2.24. The number of nitriles is 1. The number of hydrogen-bond acceptors (Lipinski definition) is 3. The van der Waals surface area contributed by atoms with E-state index in [9.17, 15) is 0 Å². The number of ether oxygens (including phenoxy) is 1. The standard InChI is InChI=1S/C14H20N2O/c1-5-11(2)10-16(3)14-8-13(17-4)7-6-12(14)9-15/h6-8,11H,5,10H2,1-4H3. The molecule has 0 saturated carbocycles. The SMILES string of the molecule is CCC(C)CN(C)c1cc(OC)ccc1C#N. The van der Waals surface area contributed by atoms with Gasteiger partial charge in [-0.25, -0.2) is 0 Å². The van der Waals surface area contributed by atoms with Crippen LogP contribution in [0.3, 0.4) is 0 Å². The molecule has 3 nitrogen and oxygen atoms in total. The summed E-state index contributed by atoms with van der Waals surface area (Å²) in [6.07, 6.45) is 1.14. The second kappa shape index (κ2) is 6.15. The van der Waals surface area contributed by atoms with Crippen LogP contribution in [0.15, 0.2) is 18.2 Å². The van der Waals surface area contributed by atoms with Crippen LogP contribution in [0.2, 0.25) is 0 Å². The lowest BCUT2D eigenvalue weighted by molar-refractivity contribution is 0.414. The molecule has 0 bridgehead atoms. The molecule has 1 atom stereocenters. The highest BCUT2D eigenvalue weighted by molar-refractivity contribution is 5.61. The number of benzene rings is 1. The van der Waals surface area contributed by atoms with E-state index in [2.05, 4.69) is 24.8 Å². The minimum absolute atomic E-state index is 0.609. The highest BCUT2D eigenvalue weighted by Crippen LogP contribution is 2.25. The molecule has 0 fully saturated rings. The molecular formula is C14H20N2O. The van der Waals surface area contributed by atoms with Crippen molar-refractivity contribution in [3.63, 3.8) is 0 Å². The van der Waals surface area contributed by atoms with Crippen LogP contribution in [0, 0.1) is 17.2 Å². The second-order valence-corrected chi connectivity index (χ2v) is 4.39. The predicted molar refractivity (Wildman–Crippen MR) is 70.4 cm³/mol.